The van der Waals surface area contributed by atoms with Gasteiger partial charge in [-0.2, -0.15) is 0 Å². The highest BCUT2D eigenvalue weighted by Crippen LogP contribution is 2.11. The third kappa shape index (κ3) is 5.44. The summed E-state index contributed by atoms with van der Waals surface area (Å²) < 4.78 is 4.90. The van der Waals surface area contributed by atoms with Gasteiger partial charge in [-0.15, -0.1) is 0 Å². The number of benzene rings is 2. The maximum absolute atomic E-state index is 11.8. The molecular formula is C18H17ClN2O3. The summed E-state index contributed by atoms with van der Waals surface area (Å²) in [5.74, 6) is -0.389. The van der Waals surface area contributed by atoms with Gasteiger partial charge in [-0.05, 0) is 55.0 Å². The molecule has 0 heterocycles. The highest BCUT2D eigenvalue weighted by molar-refractivity contribution is 6.30. The Labute approximate surface area is 145 Å². The smallest absolute Gasteiger partial charge is 0.338 e. The van der Waals surface area contributed by atoms with Crippen LogP contribution < -0.4 is 10.6 Å². The van der Waals surface area contributed by atoms with Gasteiger partial charge in [0.1, 0.15) is 0 Å². The minimum absolute atomic E-state index is 0.321. The Bertz CT molecular complexity index is 725. The van der Waals surface area contributed by atoms with Crippen LogP contribution in [-0.4, -0.2) is 18.6 Å². The van der Waals surface area contributed by atoms with E-state index in [0.717, 1.165) is 5.56 Å². The van der Waals surface area contributed by atoms with Gasteiger partial charge >= 0.3 is 12.0 Å². The van der Waals surface area contributed by atoms with E-state index in [2.05, 4.69) is 10.6 Å². The number of carbonyl (C=O) groups excluding carboxylic acids is 2. The molecule has 6 heteroatoms. The summed E-state index contributed by atoms with van der Waals surface area (Å²) in [5, 5.41) is 5.91. The quantitative estimate of drug-likeness (QED) is 0.794. The van der Waals surface area contributed by atoms with Crippen LogP contribution in [0.4, 0.5) is 10.5 Å². The molecule has 2 amide bonds. The van der Waals surface area contributed by atoms with Crippen molar-refractivity contribution >= 4 is 35.4 Å². The van der Waals surface area contributed by atoms with Crippen molar-refractivity contribution in [2.75, 3.05) is 11.9 Å². The fraction of sp³-hybridized carbons (Fsp3) is 0.111. The lowest BCUT2D eigenvalue weighted by atomic mass is 10.2. The number of rotatable bonds is 5. The molecule has 124 valence electrons. The Morgan fingerprint density at radius 2 is 1.75 bits per heavy atom. The summed E-state index contributed by atoms with van der Waals surface area (Å²) >= 11 is 5.80. The van der Waals surface area contributed by atoms with Gasteiger partial charge in [-0.25, -0.2) is 9.59 Å². The van der Waals surface area contributed by atoms with Gasteiger partial charge in [-0.3, -0.25) is 0 Å². The van der Waals surface area contributed by atoms with Gasteiger partial charge in [0.2, 0.25) is 0 Å². The predicted octanol–water partition coefficient (Wildman–Crippen LogP) is 4.31. The summed E-state index contributed by atoms with van der Waals surface area (Å²) in [4.78, 5) is 23.3. The average Bonchev–Trinajstić information content (AvgIpc) is 2.57. The van der Waals surface area contributed by atoms with Crippen LogP contribution in [0.2, 0.25) is 5.02 Å². The Kier molecular flexibility index (Phi) is 6.40. The van der Waals surface area contributed by atoms with E-state index in [9.17, 15) is 9.59 Å². The van der Waals surface area contributed by atoms with Gasteiger partial charge in [0.05, 0.1) is 12.2 Å². The van der Waals surface area contributed by atoms with Crippen molar-refractivity contribution in [2.45, 2.75) is 6.92 Å². The monoisotopic (exact) mass is 344 g/mol. The maximum atomic E-state index is 11.8. The molecule has 0 aliphatic carbocycles. The molecule has 24 heavy (non-hydrogen) atoms. The van der Waals surface area contributed by atoms with Crippen molar-refractivity contribution in [1.82, 2.24) is 5.32 Å². The average molecular weight is 345 g/mol. The topological polar surface area (TPSA) is 67.4 Å². The molecular weight excluding hydrogens is 328 g/mol. The first kappa shape index (κ1) is 17.6. The number of hydrogen-bond donors (Lipinski definition) is 2. The molecule has 2 rings (SSSR count). The Morgan fingerprint density at radius 3 is 2.38 bits per heavy atom. The molecule has 0 spiro atoms. The lowest BCUT2D eigenvalue weighted by Crippen LogP contribution is -2.23. The van der Waals surface area contributed by atoms with Crippen LogP contribution >= 0.6 is 11.6 Å². The van der Waals surface area contributed by atoms with E-state index in [1.165, 1.54) is 6.20 Å². The lowest BCUT2D eigenvalue weighted by Gasteiger charge is -2.06. The van der Waals surface area contributed by atoms with Crippen LogP contribution in [0, 0.1) is 0 Å². The molecule has 0 aliphatic heterocycles. The van der Waals surface area contributed by atoms with Gasteiger partial charge in [0.25, 0.3) is 0 Å². The van der Waals surface area contributed by atoms with Crippen LogP contribution in [-0.2, 0) is 4.74 Å². The second-order valence-electron chi connectivity index (χ2n) is 4.78. The van der Waals surface area contributed by atoms with E-state index < -0.39 is 0 Å². The standard InChI is InChI=1S/C18H17ClN2O3/c1-2-24-17(22)14-5-9-16(10-6-14)21-18(23)20-12-11-13-3-7-15(19)8-4-13/h3-12H,2H2,1H3,(H2,20,21,23)/b12-11+. The van der Waals surface area contributed by atoms with Gasteiger partial charge in [0.15, 0.2) is 0 Å². The molecule has 0 fully saturated rings. The number of carbonyl (C=O) groups is 2. The Hall–Kier alpha value is -2.79. The van der Waals surface area contributed by atoms with Crippen molar-refractivity contribution < 1.29 is 14.3 Å². The number of esters is 1. The van der Waals surface area contributed by atoms with Crippen LogP contribution in [0.15, 0.2) is 54.7 Å². The molecule has 0 radical (unpaired) electrons. The first-order valence-corrected chi connectivity index (χ1v) is 7.73. The van der Waals surface area contributed by atoms with Gasteiger partial charge < -0.3 is 15.4 Å². The van der Waals surface area contributed by atoms with Gasteiger partial charge in [0, 0.05) is 16.9 Å². The van der Waals surface area contributed by atoms with E-state index in [1.807, 2.05) is 12.1 Å². The summed E-state index contributed by atoms with van der Waals surface area (Å²) in [7, 11) is 0. The van der Waals surface area contributed by atoms with E-state index in [4.69, 9.17) is 16.3 Å². The summed E-state index contributed by atoms with van der Waals surface area (Å²) in [6, 6.07) is 13.3. The third-order valence-electron chi connectivity index (χ3n) is 3.01. The largest absolute Gasteiger partial charge is 0.462 e. The number of urea groups is 1. The zero-order valence-electron chi connectivity index (χ0n) is 13.1. The van der Waals surface area contributed by atoms with E-state index >= 15 is 0 Å². The summed E-state index contributed by atoms with van der Waals surface area (Å²) in [6.07, 6.45) is 3.28. The highest BCUT2D eigenvalue weighted by Gasteiger charge is 2.06. The molecule has 0 atom stereocenters. The number of ether oxygens (including phenoxy) is 1. The first-order chi connectivity index (χ1) is 11.6. The SMILES string of the molecule is CCOC(=O)c1ccc(NC(=O)N/C=C/c2ccc(Cl)cc2)cc1. The maximum Gasteiger partial charge on any atom is 0.338 e. The predicted molar refractivity (Wildman–Crippen MR) is 95.0 cm³/mol. The van der Waals surface area contributed by atoms with Crippen molar-refractivity contribution in [1.29, 1.82) is 0 Å². The van der Waals surface area contributed by atoms with Crippen molar-refractivity contribution in [3.8, 4) is 0 Å². The fourth-order valence-corrected chi connectivity index (χ4v) is 1.98. The molecule has 5 nitrogen and oxygen atoms in total. The van der Waals surface area contributed by atoms with Gasteiger partial charge in [-0.1, -0.05) is 23.7 Å². The first-order valence-electron chi connectivity index (χ1n) is 7.35. The van der Waals surface area contributed by atoms with Crippen LogP contribution in [0.1, 0.15) is 22.8 Å². The van der Waals surface area contributed by atoms with Crippen LogP contribution in [0.3, 0.4) is 0 Å². The Balaban J connectivity index is 1.85. The number of amides is 2. The molecule has 0 aliphatic rings. The lowest BCUT2D eigenvalue weighted by molar-refractivity contribution is 0.0526. The summed E-state index contributed by atoms with van der Waals surface area (Å²) in [6.45, 7) is 2.07. The minimum Gasteiger partial charge on any atom is -0.462 e. The van der Waals surface area contributed by atoms with Crippen molar-refractivity contribution in [2.24, 2.45) is 0 Å². The van der Waals surface area contributed by atoms with Crippen LogP contribution in [0.5, 0.6) is 0 Å². The number of halogens is 1. The van der Waals surface area contributed by atoms with Crippen molar-refractivity contribution in [3.05, 3.63) is 70.9 Å². The fourth-order valence-electron chi connectivity index (χ4n) is 1.86. The Morgan fingerprint density at radius 1 is 1.08 bits per heavy atom. The van der Waals surface area contributed by atoms with E-state index in [-0.39, 0.29) is 12.0 Å². The number of anilines is 1. The highest BCUT2D eigenvalue weighted by atomic mass is 35.5. The molecule has 2 aromatic rings. The summed E-state index contributed by atoms with van der Waals surface area (Å²) in [5.41, 5.74) is 1.92. The third-order valence-corrected chi connectivity index (χ3v) is 3.27. The van der Waals surface area contributed by atoms with E-state index in [0.29, 0.717) is 22.9 Å². The van der Waals surface area contributed by atoms with Crippen molar-refractivity contribution in [3.63, 3.8) is 0 Å². The molecule has 0 unspecified atom stereocenters. The normalized spacial score (nSPS) is 10.4. The van der Waals surface area contributed by atoms with E-state index in [1.54, 1.807) is 49.4 Å². The number of nitrogens with one attached hydrogen (secondary N) is 2. The van der Waals surface area contributed by atoms with Crippen LogP contribution in [0.25, 0.3) is 6.08 Å². The second kappa shape index (κ2) is 8.74. The molecule has 0 aromatic heterocycles. The molecule has 2 N–H and O–H groups in total. The molecule has 0 saturated heterocycles. The zero-order valence-corrected chi connectivity index (χ0v) is 13.8. The molecule has 0 bridgehead atoms. The molecule has 2 aromatic carbocycles. The minimum atomic E-state index is -0.389. The molecule has 0 saturated carbocycles. The number of hydrogen-bond acceptors (Lipinski definition) is 3. The second-order valence-corrected chi connectivity index (χ2v) is 5.22. The zero-order chi connectivity index (χ0) is 17.4.